The van der Waals surface area contributed by atoms with Gasteiger partial charge < -0.3 is 10.6 Å². The van der Waals surface area contributed by atoms with Crippen molar-refractivity contribution in [1.82, 2.24) is 5.32 Å². The molecular formula is C14H19ClN2O. The molecule has 1 saturated heterocycles. The molecule has 2 atom stereocenters. The largest absolute Gasteiger partial charge is 0.326 e. The maximum Gasteiger partial charge on any atom is 0.227 e. The first-order valence-corrected chi connectivity index (χ1v) is 6.74. The maximum atomic E-state index is 12.2. The van der Waals surface area contributed by atoms with E-state index in [9.17, 15) is 4.79 Å². The minimum atomic E-state index is 0.0969. The number of hydrogen-bond donors (Lipinski definition) is 2. The number of rotatable bonds is 2. The molecular weight excluding hydrogens is 248 g/mol. The van der Waals surface area contributed by atoms with Gasteiger partial charge in [-0.3, -0.25) is 4.79 Å². The second-order valence-corrected chi connectivity index (χ2v) is 5.46. The molecule has 0 aliphatic carbocycles. The summed E-state index contributed by atoms with van der Waals surface area (Å²) in [6.07, 6.45) is 1.79. The highest BCUT2D eigenvalue weighted by Crippen LogP contribution is 2.23. The summed E-state index contributed by atoms with van der Waals surface area (Å²) in [5.74, 6) is 0.202. The van der Waals surface area contributed by atoms with E-state index in [2.05, 4.69) is 17.6 Å². The zero-order valence-corrected chi connectivity index (χ0v) is 11.6. The molecule has 0 spiro atoms. The molecule has 0 unspecified atom stereocenters. The highest BCUT2D eigenvalue weighted by atomic mass is 35.5. The molecule has 1 heterocycles. The SMILES string of the molecule is Cc1ccc(Cl)cc1NC(=O)[C@H]1CCN[C@@H](C)C1. The van der Waals surface area contributed by atoms with E-state index >= 15 is 0 Å². The Morgan fingerprint density at radius 2 is 2.28 bits per heavy atom. The van der Waals surface area contributed by atoms with E-state index < -0.39 is 0 Å². The highest BCUT2D eigenvalue weighted by molar-refractivity contribution is 6.31. The van der Waals surface area contributed by atoms with Gasteiger partial charge in [-0.15, -0.1) is 0 Å². The Morgan fingerprint density at radius 3 is 3.00 bits per heavy atom. The van der Waals surface area contributed by atoms with E-state index in [-0.39, 0.29) is 11.8 Å². The van der Waals surface area contributed by atoms with Crippen molar-refractivity contribution in [2.75, 3.05) is 11.9 Å². The zero-order valence-electron chi connectivity index (χ0n) is 10.8. The Kier molecular flexibility index (Phi) is 4.25. The van der Waals surface area contributed by atoms with Crippen LogP contribution in [0, 0.1) is 12.8 Å². The van der Waals surface area contributed by atoms with Crippen LogP contribution in [0.4, 0.5) is 5.69 Å². The molecule has 1 amide bonds. The van der Waals surface area contributed by atoms with E-state index in [4.69, 9.17) is 11.6 Å². The van der Waals surface area contributed by atoms with Gasteiger partial charge in [0, 0.05) is 22.7 Å². The van der Waals surface area contributed by atoms with Crippen molar-refractivity contribution in [3.63, 3.8) is 0 Å². The molecule has 1 aromatic rings. The summed E-state index contributed by atoms with van der Waals surface area (Å²) in [5, 5.41) is 6.99. The zero-order chi connectivity index (χ0) is 13.1. The molecule has 2 rings (SSSR count). The van der Waals surface area contributed by atoms with Crippen molar-refractivity contribution in [3.8, 4) is 0 Å². The highest BCUT2D eigenvalue weighted by Gasteiger charge is 2.24. The Morgan fingerprint density at radius 1 is 1.50 bits per heavy atom. The Labute approximate surface area is 113 Å². The molecule has 18 heavy (non-hydrogen) atoms. The Bertz CT molecular complexity index is 447. The van der Waals surface area contributed by atoms with Gasteiger partial charge in [0.05, 0.1) is 0 Å². The minimum Gasteiger partial charge on any atom is -0.326 e. The van der Waals surface area contributed by atoms with Gasteiger partial charge in [-0.1, -0.05) is 17.7 Å². The molecule has 0 saturated carbocycles. The average Bonchev–Trinajstić information content (AvgIpc) is 2.34. The molecule has 3 nitrogen and oxygen atoms in total. The maximum absolute atomic E-state index is 12.2. The molecule has 0 bridgehead atoms. The third-order valence-electron chi connectivity index (χ3n) is 3.45. The lowest BCUT2D eigenvalue weighted by Gasteiger charge is -2.27. The topological polar surface area (TPSA) is 41.1 Å². The van der Waals surface area contributed by atoms with Gasteiger partial charge in [0.2, 0.25) is 5.91 Å². The molecule has 2 N–H and O–H groups in total. The fourth-order valence-corrected chi connectivity index (χ4v) is 2.51. The van der Waals surface area contributed by atoms with Crippen LogP contribution in [0.5, 0.6) is 0 Å². The average molecular weight is 267 g/mol. The summed E-state index contributed by atoms with van der Waals surface area (Å²) in [5.41, 5.74) is 1.86. The van der Waals surface area contributed by atoms with E-state index in [1.807, 2.05) is 19.1 Å². The second-order valence-electron chi connectivity index (χ2n) is 5.02. The predicted molar refractivity (Wildman–Crippen MR) is 75.0 cm³/mol. The monoisotopic (exact) mass is 266 g/mol. The van der Waals surface area contributed by atoms with Crippen molar-refractivity contribution in [1.29, 1.82) is 0 Å². The number of anilines is 1. The number of nitrogens with one attached hydrogen (secondary N) is 2. The first kappa shape index (κ1) is 13.4. The van der Waals surface area contributed by atoms with Crippen LogP contribution in [0.25, 0.3) is 0 Å². The minimum absolute atomic E-state index is 0.0969. The number of carbonyl (C=O) groups is 1. The fraction of sp³-hybridized carbons (Fsp3) is 0.500. The smallest absolute Gasteiger partial charge is 0.227 e. The normalized spacial score (nSPS) is 23.7. The van der Waals surface area contributed by atoms with Gasteiger partial charge >= 0.3 is 0 Å². The van der Waals surface area contributed by atoms with Crippen LogP contribution in [-0.4, -0.2) is 18.5 Å². The number of benzene rings is 1. The van der Waals surface area contributed by atoms with E-state index in [1.165, 1.54) is 0 Å². The fourth-order valence-electron chi connectivity index (χ4n) is 2.33. The number of hydrogen-bond acceptors (Lipinski definition) is 2. The van der Waals surface area contributed by atoms with Crippen LogP contribution in [-0.2, 0) is 4.79 Å². The Balaban J connectivity index is 2.04. The van der Waals surface area contributed by atoms with E-state index in [1.54, 1.807) is 6.07 Å². The van der Waals surface area contributed by atoms with Gasteiger partial charge in [0.25, 0.3) is 0 Å². The molecule has 1 aliphatic heterocycles. The first-order valence-electron chi connectivity index (χ1n) is 6.36. The molecule has 1 fully saturated rings. The van der Waals surface area contributed by atoms with Crippen LogP contribution < -0.4 is 10.6 Å². The predicted octanol–water partition coefficient (Wildman–Crippen LogP) is 2.98. The summed E-state index contributed by atoms with van der Waals surface area (Å²) >= 11 is 5.95. The molecule has 4 heteroatoms. The molecule has 1 aromatic carbocycles. The van der Waals surface area contributed by atoms with Crippen molar-refractivity contribution < 1.29 is 4.79 Å². The number of halogens is 1. The number of piperidine rings is 1. The van der Waals surface area contributed by atoms with Crippen molar-refractivity contribution in [3.05, 3.63) is 28.8 Å². The van der Waals surface area contributed by atoms with Crippen molar-refractivity contribution in [2.45, 2.75) is 32.7 Å². The van der Waals surface area contributed by atoms with Crippen LogP contribution in [0.2, 0.25) is 5.02 Å². The van der Waals surface area contributed by atoms with Gasteiger partial charge in [0.1, 0.15) is 0 Å². The number of amides is 1. The second kappa shape index (κ2) is 5.72. The standard InChI is InChI=1S/C14H19ClN2O/c1-9-3-4-12(15)8-13(9)17-14(18)11-5-6-16-10(2)7-11/h3-4,8,10-11,16H,5-7H2,1-2H3,(H,17,18)/t10-,11-/m0/s1. The number of aryl methyl sites for hydroxylation is 1. The third kappa shape index (κ3) is 3.24. The van der Waals surface area contributed by atoms with Crippen LogP contribution in [0.3, 0.4) is 0 Å². The van der Waals surface area contributed by atoms with Crippen molar-refractivity contribution in [2.24, 2.45) is 5.92 Å². The molecule has 0 aromatic heterocycles. The van der Waals surface area contributed by atoms with Crippen LogP contribution >= 0.6 is 11.6 Å². The molecule has 1 aliphatic rings. The van der Waals surface area contributed by atoms with Crippen molar-refractivity contribution >= 4 is 23.2 Å². The van der Waals surface area contributed by atoms with Gasteiger partial charge in [-0.05, 0) is 50.9 Å². The van der Waals surface area contributed by atoms with E-state index in [0.29, 0.717) is 11.1 Å². The summed E-state index contributed by atoms with van der Waals surface area (Å²) in [6.45, 7) is 4.99. The summed E-state index contributed by atoms with van der Waals surface area (Å²) in [7, 11) is 0. The lowest BCUT2D eigenvalue weighted by Crippen LogP contribution is -2.40. The first-order chi connectivity index (χ1) is 8.56. The number of carbonyl (C=O) groups excluding carboxylic acids is 1. The van der Waals surface area contributed by atoms with Gasteiger partial charge in [-0.25, -0.2) is 0 Å². The van der Waals surface area contributed by atoms with Gasteiger partial charge in [-0.2, -0.15) is 0 Å². The third-order valence-corrected chi connectivity index (χ3v) is 3.69. The van der Waals surface area contributed by atoms with Crippen LogP contribution in [0.1, 0.15) is 25.3 Å². The molecule has 0 radical (unpaired) electrons. The lowest BCUT2D eigenvalue weighted by molar-refractivity contribution is -0.120. The Hall–Kier alpha value is -1.06. The summed E-state index contributed by atoms with van der Waals surface area (Å²) in [4.78, 5) is 12.2. The van der Waals surface area contributed by atoms with Crippen LogP contribution in [0.15, 0.2) is 18.2 Å². The lowest BCUT2D eigenvalue weighted by atomic mass is 9.92. The van der Waals surface area contributed by atoms with Gasteiger partial charge in [0.15, 0.2) is 0 Å². The molecule has 98 valence electrons. The summed E-state index contributed by atoms with van der Waals surface area (Å²) < 4.78 is 0. The van der Waals surface area contributed by atoms with E-state index in [0.717, 1.165) is 30.6 Å². The quantitative estimate of drug-likeness (QED) is 0.864. The summed E-state index contributed by atoms with van der Waals surface area (Å²) in [6, 6.07) is 5.97.